The highest BCUT2D eigenvalue weighted by molar-refractivity contribution is 9.09. The molecule has 3 heteroatoms. The number of likely N-dealkylation sites (tertiary alicyclic amines) is 1. The molecule has 0 aromatic heterocycles. The second kappa shape index (κ2) is 7.75. The lowest BCUT2D eigenvalue weighted by Crippen LogP contribution is -2.38. The van der Waals surface area contributed by atoms with Crippen molar-refractivity contribution in [1.82, 2.24) is 4.90 Å². The quantitative estimate of drug-likeness (QED) is 0.696. The molecule has 17 heavy (non-hydrogen) atoms. The normalized spacial score (nSPS) is 22.2. The Hall–Kier alpha value is 0.400. The van der Waals surface area contributed by atoms with Crippen LogP contribution < -0.4 is 0 Å². The van der Waals surface area contributed by atoms with E-state index in [9.17, 15) is 5.11 Å². The van der Waals surface area contributed by atoms with Crippen LogP contribution in [-0.2, 0) is 0 Å². The van der Waals surface area contributed by atoms with Crippen LogP contribution >= 0.6 is 15.9 Å². The Kier molecular flexibility index (Phi) is 7.05. The van der Waals surface area contributed by atoms with Crippen molar-refractivity contribution in [3.05, 3.63) is 0 Å². The molecule has 0 bridgehead atoms. The molecule has 1 rings (SSSR count). The zero-order valence-electron chi connectivity index (χ0n) is 11.4. The molecule has 0 aliphatic carbocycles. The van der Waals surface area contributed by atoms with Gasteiger partial charge in [0, 0.05) is 25.0 Å². The Labute approximate surface area is 115 Å². The van der Waals surface area contributed by atoms with Gasteiger partial charge in [-0.25, -0.2) is 0 Å². The largest absolute Gasteiger partial charge is 0.396 e. The minimum absolute atomic E-state index is 0.360. The monoisotopic (exact) mass is 305 g/mol. The summed E-state index contributed by atoms with van der Waals surface area (Å²) in [4.78, 5) is 2.56. The fourth-order valence-corrected chi connectivity index (χ4v) is 3.94. The fourth-order valence-electron chi connectivity index (χ4n) is 3.20. The number of hydrogen-bond acceptors (Lipinski definition) is 2. The number of aliphatic hydroxyl groups excluding tert-OH is 1. The molecule has 0 saturated carbocycles. The average molecular weight is 306 g/mol. The molecule has 0 aromatic carbocycles. The molecule has 1 saturated heterocycles. The van der Waals surface area contributed by atoms with E-state index in [0.717, 1.165) is 11.9 Å². The van der Waals surface area contributed by atoms with Crippen molar-refractivity contribution in [2.45, 2.75) is 46.0 Å². The zero-order valence-corrected chi connectivity index (χ0v) is 13.0. The Morgan fingerprint density at radius 1 is 1.29 bits per heavy atom. The first kappa shape index (κ1) is 15.5. The Bertz CT molecular complexity index is 204. The standard InChI is InChI=1S/C14H28BrNO/c1-3-6-14(11-15,7-4-2)12-16-8-5-13(9-16)10-17/h13,17H,3-12H2,1-2H3. The van der Waals surface area contributed by atoms with Crippen LogP contribution in [0.15, 0.2) is 0 Å². The molecule has 1 heterocycles. The second-order valence-electron chi connectivity index (χ2n) is 5.71. The van der Waals surface area contributed by atoms with Gasteiger partial charge in [-0.2, -0.15) is 0 Å². The van der Waals surface area contributed by atoms with Crippen LogP contribution in [0, 0.1) is 11.3 Å². The number of nitrogens with zero attached hydrogens (tertiary/aromatic N) is 1. The van der Waals surface area contributed by atoms with Crippen molar-refractivity contribution < 1.29 is 5.11 Å². The SMILES string of the molecule is CCCC(CBr)(CCC)CN1CCC(CO)C1. The predicted octanol–water partition coefficient (Wildman–Crippen LogP) is 3.28. The summed E-state index contributed by atoms with van der Waals surface area (Å²) in [6.07, 6.45) is 6.33. The van der Waals surface area contributed by atoms with E-state index >= 15 is 0 Å². The molecule has 102 valence electrons. The van der Waals surface area contributed by atoms with E-state index in [1.54, 1.807) is 0 Å². The van der Waals surface area contributed by atoms with Crippen LogP contribution in [0.1, 0.15) is 46.0 Å². The maximum Gasteiger partial charge on any atom is 0.0471 e. The van der Waals surface area contributed by atoms with Crippen molar-refractivity contribution in [2.75, 3.05) is 31.6 Å². The topological polar surface area (TPSA) is 23.5 Å². The van der Waals surface area contributed by atoms with Gasteiger partial charge in [0.2, 0.25) is 0 Å². The van der Waals surface area contributed by atoms with Crippen LogP contribution in [-0.4, -0.2) is 41.6 Å². The second-order valence-corrected chi connectivity index (χ2v) is 6.27. The minimum Gasteiger partial charge on any atom is -0.396 e. The molecule has 1 aliphatic heterocycles. The lowest BCUT2D eigenvalue weighted by Gasteiger charge is -2.36. The third kappa shape index (κ3) is 4.53. The van der Waals surface area contributed by atoms with Crippen LogP contribution in [0.2, 0.25) is 0 Å². The fraction of sp³-hybridized carbons (Fsp3) is 1.00. The van der Waals surface area contributed by atoms with E-state index in [1.807, 2.05) is 0 Å². The van der Waals surface area contributed by atoms with E-state index < -0.39 is 0 Å². The molecule has 0 radical (unpaired) electrons. The average Bonchev–Trinajstić information content (AvgIpc) is 2.77. The summed E-state index contributed by atoms with van der Waals surface area (Å²) in [5.74, 6) is 0.520. The third-order valence-corrected chi connectivity index (χ3v) is 5.22. The first-order chi connectivity index (χ1) is 8.19. The molecule has 1 unspecified atom stereocenters. The smallest absolute Gasteiger partial charge is 0.0471 e. The van der Waals surface area contributed by atoms with Gasteiger partial charge in [0.05, 0.1) is 0 Å². The highest BCUT2D eigenvalue weighted by Gasteiger charge is 2.32. The first-order valence-corrected chi connectivity index (χ1v) is 8.21. The number of aliphatic hydroxyl groups is 1. The third-order valence-electron chi connectivity index (χ3n) is 4.03. The summed E-state index contributed by atoms with van der Waals surface area (Å²) in [7, 11) is 0. The van der Waals surface area contributed by atoms with E-state index in [2.05, 4.69) is 34.7 Å². The number of hydrogen-bond donors (Lipinski definition) is 1. The Morgan fingerprint density at radius 3 is 2.35 bits per heavy atom. The summed E-state index contributed by atoms with van der Waals surface area (Å²) < 4.78 is 0. The summed E-state index contributed by atoms with van der Waals surface area (Å²) in [6, 6.07) is 0. The molecule has 0 spiro atoms. The summed E-state index contributed by atoms with van der Waals surface area (Å²) >= 11 is 3.74. The molecule has 1 fully saturated rings. The summed E-state index contributed by atoms with van der Waals surface area (Å²) in [5.41, 5.74) is 0.452. The molecular weight excluding hydrogens is 278 g/mol. The van der Waals surface area contributed by atoms with Gasteiger partial charge in [0.1, 0.15) is 0 Å². The number of halogens is 1. The molecule has 0 aromatic rings. The first-order valence-electron chi connectivity index (χ1n) is 7.09. The van der Waals surface area contributed by atoms with Gasteiger partial charge in [0.15, 0.2) is 0 Å². The van der Waals surface area contributed by atoms with Crippen molar-refractivity contribution in [3.8, 4) is 0 Å². The Balaban J connectivity index is 2.53. The van der Waals surface area contributed by atoms with E-state index in [4.69, 9.17) is 0 Å². The molecular formula is C14H28BrNO. The lowest BCUT2D eigenvalue weighted by atomic mass is 9.81. The van der Waals surface area contributed by atoms with Gasteiger partial charge in [-0.05, 0) is 37.1 Å². The van der Waals surface area contributed by atoms with Crippen molar-refractivity contribution >= 4 is 15.9 Å². The minimum atomic E-state index is 0.360. The van der Waals surface area contributed by atoms with Gasteiger partial charge in [-0.1, -0.05) is 42.6 Å². The molecule has 0 amide bonds. The van der Waals surface area contributed by atoms with Crippen LogP contribution in [0.4, 0.5) is 0 Å². The highest BCUT2D eigenvalue weighted by atomic mass is 79.9. The van der Waals surface area contributed by atoms with Crippen LogP contribution in [0.25, 0.3) is 0 Å². The summed E-state index contributed by atoms with van der Waals surface area (Å²) in [5, 5.41) is 10.3. The Morgan fingerprint density at radius 2 is 1.94 bits per heavy atom. The molecule has 1 atom stereocenters. The highest BCUT2D eigenvalue weighted by Crippen LogP contribution is 2.34. The van der Waals surface area contributed by atoms with E-state index in [1.165, 1.54) is 45.2 Å². The van der Waals surface area contributed by atoms with Gasteiger partial charge in [-0.3, -0.25) is 0 Å². The molecule has 2 nitrogen and oxygen atoms in total. The van der Waals surface area contributed by atoms with Gasteiger partial charge in [0.25, 0.3) is 0 Å². The van der Waals surface area contributed by atoms with Crippen molar-refractivity contribution in [3.63, 3.8) is 0 Å². The van der Waals surface area contributed by atoms with Crippen LogP contribution in [0.3, 0.4) is 0 Å². The molecule has 1 aliphatic rings. The number of rotatable bonds is 8. The van der Waals surface area contributed by atoms with E-state index in [-0.39, 0.29) is 0 Å². The number of alkyl halides is 1. The van der Waals surface area contributed by atoms with Gasteiger partial charge < -0.3 is 10.0 Å². The lowest BCUT2D eigenvalue weighted by molar-refractivity contribution is 0.157. The predicted molar refractivity (Wildman–Crippen MR) is 77.7 cm³/mol. The maximum atomic E-state index is 9.21. The van der Waals surface area contributed by atoms with Gasteiger partial charge in [-0.15, -0.1) is 0 Å². The zero-order chi connectivity index (χ0) is 12.7. The summed E-state index contributed by atoms with van der Waals surface area (Å²) in [6.45, 7) is 8.41. The van der Waals surface area contributed by atoms with E-state index in [0.29, 0.717) is 17.9 Å². The maximum absolute atomic E-state index is 9.21. The van der Waals surface area contributed by atoms with Crippen molar-refractivity contribution in [2.24, 2.45) is 11.3 Å². The van der Waals surface area contributed by atoms with Gasteiger partial charge >= 0.3 is 0 Å². The van der Waals surface area contributed by atoms with Crippen molar-refractivity contribution in [1.29, 1.82) is 0 Å². The van der Waals surface area contributed by atoms with Crippen LogP contribution in [0.5, 0.6) is 0 Å². The molecule has 1 N–H and O–H groups in total.